The quantitative estimate of drug-likeness (QED) is 0.886. The van der Waals surface area contributed by atoms with Gasteiger partial charge in [0, 0.05) is 17.3 Å². The second-order valence-corrected chi connectivity index (χ2v) is 7.40. The van der Waals surface area contributed by atoms with Gasteiger partial charge in [0.2, 0.25) is 0 Å². The Morgan fingerprint density at radius 3 is 2.40 bits per heavy atom. The zero-order valence-electron chi connectivity index (χ0n) is 12.1. The smallest absolute Gasteiger partial charge is 0.126 e. The van der Waals surface area contributed by atoms with Gasteiger partial charge >= 0.3 is 0 Å². The van der Waals surface area contributed by atoms with Gasteiger partial charge in [-0.25, -0.2) is 4.39 Å². The topological polar surface area (TPSA) is 12.0 Å². The van der Waals surface area contributed by atoms with E-state index < -0.39 is 0 Å². The monoisotopic (exact) mass is 293 g/mol. The Hall–Kier alpha value is -0.540. The normalized spacial score (nSPS) is 33.7. The van der Waals surface area contributed by atoms with E-state index in [2.05, 4.69) is 11.6 Å². The molecule has 0 atom stereocenters. The Labute approximate surface area is 125 Å². The predicted octanol–water partition coefficient (Wildman–Crippen LogP) is 4.34. The first-order valence-electron chi connectivity index (χ1n) is 7.79. The van der Waals surface area contributed by atoms with E-state index in [4.69, 9.17) is 0 Å². The van der Waals surface area contributed by atoms with Crippen LogP contribution in [-0.2, 0) is 0 Å². The van der Waals surface area contributed by atoms with E-state index in [1.54, 1.807) is 12.1 Å². The number of halogens is 1. The fourth-order valence-electron chi connectivity index (χ4n) is 3.61. The third-order valence-electron chi connectivity index (χ3n) is 4.96. The van der Waals surface area contributed by atoms with Gasteiger partial charge in [-0.2, -0.15) is 11.8 Å². The molecule has 0 aliphatic heterocycles. The highest BCUT2D eigenvalue weighted by atomic mass is 32.2. The molecule has 2 aliphatic rings. The zero-order valence-corrected chi connectivity index (χ0v) is 13.0. The Balaban J connectivity index is 1.44. The maximum atomic E-state index is 13.7. The molecule has 2 fully saturated rings. The summed E-state index contributed by atoms with van der Waals surface area (Å²) in [5, 5.41) is 4.66. The van der Waals surface area contributed by atoms with E-state index in [0.717, 1.165) is 23.7 Å². The number of hydrogen-bond acceptors (Lipinski definition) is 2. The minimum atomic E-state index is -0.0311. The summed E-state index contributed by atoms with van der Waals surface area (Å²) in [4.78, 5) is 0. The van der Waals surface area contributed by atoms with E-state index in [9.17, 15) is 4.39 Å². The molecule has 1 N–H and O–H groups in total. The first kappa shape index (κ1) is 14.4. The molecule has 0 unspecified atom stereocenters. The van der Waals surface area contributed by atoms with Gasteiger partial charge in [-0.1, -0.05) is 18.2 Å². The van der Waals surface area contributed by atoms with Crippen molar-refractivity contribution in [3.8, 4) is 0 Å². The second kappa shape index (κ2) is 6.48. The molecule has 0 bridgehead atoms. The van der Waals surface area contributed by atoms with Gasteiger partial charge < -0.3 is 5.32 Å². The summed E-state index contributed by atoms with van der Waals surface area (Å²) in [7, 11) is 0. The van der Waals surface area contributed by atoms with Crippen molar-refractivity contribution in [2.24, 2.45) is 0 Å². The fourth-order valence-corrected chi connectivity index (χ4v) is 4.36. The Bertz CT molecular complexity index is 436. The van der Waals surface area contributed by atoms with Crippen molar-refractivity contribution in [1.29, 1.82) is 0 Å². The molecule has 0 amide bonds. The molecule has 3 rings (SSSR count). The number of benzene rings is 1. The van der Waals surface area contributed by atoms with Crippen LogP contribution in [0, 0.1) is 5.82 Å². The van der Waals surface area contributed by atoms with Crippen LogP contribution >= 0.6 is 11.8 Å². The van der Waals surface area contributed by atoms with Crippen molar-refractivity contribution >= 4 is 11.8 Å². The van der Waals surface area contributed by atoms with E-state index in [1.165, 1.54) is 25.7 Å². The molecule has 110 valence electrons. The van der Waals surface area contributed by atoms with E-state index in [0.29, 0.717) is 18.0 Å². The van der Waals surface area contributed by atoms with E-state index in [-0.39, 0.29) is 5.82 Å². The van der Waals surface area contributed by atoms with Crippen molar-refractivity contribution in [3.63, 3.8) is 0 Å². The van der Waals surface area contributed by atoms with Crippen LogP contribution in [-0.4, -0.2) is 23.6 Å². The lowest BCUT2D eigenvalue weighted by atomic mass is 9.75. The standard InChI is InChI=1S/C17H24FNS/c1-20-15-8-6-13(7-9-15)19-14-10-12(11-14)16-4-2-3-5-17(16)18/h2-5,12-15,19H,6-11H2,1H3. The molecule has 20 heavy (non-hydrogen) atoms. The Kier molecular flexibility index (Phi) is 4.67. The Morgan fingerprint density at radius 1 is 1.05 bits per heavy atom. The van der Waals surface area contributed by atoms with Gasteiger partial charge in [0.15, 0.2) is 0 Å². The molecule has 0 heterocycles. The molecule has 2 aliphatic carbocycles. The molecule has 0 radical (unpaired) electrons. The van der Waals surface area contributed by atoms with E-state index >= 15 is 0 Å². The molecule has 0 saturated heterocycles. The molecule has 0 aromatic heterocycles. The summed E-state index contributed by atoms with van der Waals surface area (Å²) in [6.07, 6.45) is 9.75. The molecule has 0 spiro atoms. The first-order valence-corrected chi connectivity index (χ1v) is 9.08. The van der Waals surface area contributed by atoms with Crippen molar-refractivity contribution in [2.75, 3.05) is 6.26 Å². The number of hydrogen-bond donors (Lipinski definition) is 1. The molecule has 1 nitrogen and oxygen atoms in total. The summed E-state index contributed by atoms with van der Waals surface area (Å²) in [5.74, 6) is 0.396. The lowest BCUT2D eigenvalue weighted by Gasteiger charge is -2.40. The average molecular weight is 293 g/mol. The highest BCUT2D eigenvalue weighted by Crippen LogP contribution is 2.39. The zero-order chi connectivity index (χ0) is 13.9. The largest absolute Gasteiger partial charge is 0.311 e. The van der Waals surface area contributed by atoms with Gasteiger partial charge in [-0.15, -0.1) is 0 Å². The molecule has 3 heteroatoms. The minimum Gasteiger partial charge on any atom is -0.311 e. The van der Waals surface area contributed by atoms with Gasteiger partial charge in [0.05, 0.1) is 0 Å². The maximum Gasteiger partial charge on any atom is 0.126 e. The summed E-state index contributed by atoms with van der Waals surface area (Å²) < 4.78 is 13.7. The minimum absolute atomic E-state index is 0.0311. The molecule has 1 aromatic carbocycles. The van der Waals surface area contributed by atoms with Crippen molar-refractivity contribution in [3.05, 3.63) is 35.6 Å². The lowest BCUT2D eigenvalue weighted by Crippen LogP contribution is -2.47. The first-order chi connectivity index (χ1) is 9.76. The lowest BCUT2D eigenvalue weighted by molar-refractivity contribution is 0.237. The fraction of sp³-hybridized carbons (Fsp3) is 0.647. The summed E-state index contributed by atoms with van der Waals surface area (Å²) in [6.45, 7) is 0. The average Bonchev–Trinajstić information content (AvgIpc) is 2.44. The number of thioether (sulfide) groups is 1. The third kappa shape index (κ3) is 3.20. The molecule has 1 aromatic rings. The van der Waals surface area contributed by atoms with Crippen molar-refractivity contribution < 1.29 is 4.39 Å². The van der Waals surface area contributed by atoms with Crippen LogP contribution in [0.1, 0.15) is 50.0 Å². The Morgan fingerprint density at radius 2 is 1.75 bits per heavy atom. The van der Waals surface area contributed by atoms with Crippen LogP contribution in [0.4, 0.5) is 4.39 Å². The number of rotatable bonds is 4. The van der Waals surface area contributed by atoms with Gasteiger partial charge in [-0.05, 0) is 62.3 Å². The van der Waals surface area contributed by atoms with Crippen molar-refractivity contribution in [2.45, 2.75) is 61.8 Å². The second-order valence-electron chi connectivity index (χ2n) is 6.26. The van der Waals surface area contributed by atoms with Crippen LogP contribution in [0.15, 0.2) is 24.3 Å². The van der Waals surface area contributed by atoms with Crippen LogP contribution in [0.25, 0.3) is 0 Å². The maximum absolute atomic E-state index is 13.7. The van der Waals surface area contributed by atoms with Crippen LogP contribution in [0.2, 0.25) is 0 Å². The van der Waals surface area contributed by atoms with Crippen LogP contribution in [0.5, 0.6) is 0 Å². The van der Waals surface area contributed by atoms with E-state index in [1.807, 2.05) is 23.9 Å². The highest BCUT2D eigenvalue weighted by Gasteiger charge is 2.33. The summed E-state index contributed by atoms with van der Waals surface area (Å²) >= 11 is 2.02. The van der Waals surface area contributed by atoms with Crippen LogP contribution in [0.3, 0.4) is 0 Å². The molecular formula is C17H24FNS. The van der Waals surface area contributed by atoms with Gasteiger partial charge in [0.25, 0.3) is 0 Å². The molecular weight excluding hydrogens is 269 g/mol. The van der Waals surface area contributed by atoms with Gasteiger partial charge in [0.1, 0.15) is 5.82 Å². The highest BCUT2D eigenvalue weighted by molar-refractivity contribution is 7.99. The third-order valence-corrected chi connectivity index (χ3v) is 6.10. The molecule has 2 saturated carbocycles. The van der Waals surface area contributed by atoms with Gasteiger partial charge in [-0.3, -0.25) is 0 Å². The van der Waals surface area contributed by atoms with Crippen molar-refractivity contribution in [1.82, 2.24) is 5.32 Å². The summed E-state index contributed by atoms with van der Waals surface area (Å²) in [6, 6.07) is 8.56. The SMILES string of the molecule is CSC1CCC(NC2CC(c3ccccc3F)C2)CC1. The number of nitrogens with one attached hydrogen (secondary N) is 1. The van der Waals surface area contributed by atoms with Crippen LogP contribution < -0.4 is 5.32 Å². The predicted molar refractivity (Wildman–Crippen MR) is 84.9 cm³/mol. The summed E-state index contributed by atoms with van der Waals surface area (Å²) in [5.41, 5.74) is 0.914.